The van der Waals surface area contributed by atoms with E-state index in [9.17, 15) is 9.59 Å². The van der Waals surface area contributed by atoms with Gasteiger partial charge in [-0.2, -0.15) is 0 Å². The molecule has 0 rings (SSSR count). The molecule has 0 aliphatic rings. The van der Waals surface area contributed by atoms with Gasteiger partial charge in [0.05, 0.1) is 19.8 Å². The van der Waals surface area contributed by atoms with E-state index in [0.29, 0.717) is 37.2 Å². The number of nitrogens with one attached hydrogen (secondary N) is 1. The molecule has 0 radical (unpaired) electrons. The van der Waals surface area contributed by atoms with Crippen molar-refractivity contribution in [2.24, 2.45) is 5.41 Å². The van der Waals surface area contributed by atoms with E-state index >= 15 is 0 Å². The number of esters is 1. The molecular weight excluding hydrogens is 282 g/mol. The molecular formula is C17H31NO4. The van der Waals surface area contributed by atoms with Crippen molar-refractivity contribution in [2.75, 3.05) is 20.3 Å². The topological polar surface area (TPSA) is 64.6 Å². The van der Waals surface area contributed by atoms with Gasteiger partial charge in [-0.1, -0.05) is 27.2 Å². The number of hydrogen-bond acceptors (Lipinski definition) is 4. The van der Waals surface area contributed by atoms with E-state index in [2.05, 4.69) is 26.1 Å². The van der Waals surface area contributed by atoms with Crippen LogP contribution in [-0.2, 0) is 19.1 Å². The van der Waals surface area contributed by atoms with Gasteiger partial charge in [0.1, 0.15) is 5.76 Å². The van der Waals surface area contributed by atoms with Crippen molar-refractivity contribution in [2.45, 2.75) is 59.8 Å². The van der Waals surface area contributed by atoms with Crippen LogP contribution in [-0.4, -0.2) is 32.1 Å². The van der Waals surface area contributed by atoms with Gasteiger partial charge in [-0.3, -0.25) is 4.79 Å². The lowest BCUT2D eigenvalue weighted by Gasteiger charge is -2.17. The Labute approximate surface area is 134 Å². The van der Waals surface area contributed by atoms with Crippen LogP contribution in [0.5, 0.6) is 0 Å². The fraction of sp³-hybridized carbons (Fsp3) is 0.765. The van der Waals surface area contributed by atoms with E-state index < -0.39 is 5.97 Å². The quantitative estimate of drug-likeness (QED) is 0.291. The molecule has 0 atom stereocenters. The number of carbonyl (C=O) groups excluding carboxylic acids is 2. The minimum absolute atomic E-state index is 0.0421. The van der Waals surface area contributed by atoms with E-state index in [1.54, 1.807) is 6.92 Å². The fourth-order valence-electron chi connectivity index (χ4n) is 1.90. The Morgan fingerprint density at radius 1 is 1.14 bits per heavy atom. The first-order valence-corrected chi connectivity index (χ1v) is 7.96. The molecule has 1 amide bonds. The van der Waals surface area contributed by atoms with Crippen molar-refractivity contribution < 1.29 is 19.1 Å². The minimum Gasteiger partial charge on any atom is -0.501 e. The molecule has 0 aromatic carbocycles. The van der Waals surface area contributed by atoms with Crippen molar-refractivity contribution in [1.82, 2.24) is 5.32 Å². The number of methoxy groups -OCH3 is 1. The first-order chi connectivity index (χ1) is 10.3. The minimum atomic E-state index is -0.423. The van der Waals surface area contributed by atoms with Crippen LogP contribution in [0.15, 0.2) is 11.8 Å². The normalized spacial score (nSPS) is 12.0. The van der Waals surface area contributed by atoms with E-state index in [1.807, 2.05) is 0 Å². The number of rotatable bonds is 10. The van der Waals surface area contributed by atoms with E-state index in [4.69, 9.17) is 9.47 Å². The number of ether oxygens (including phenoxy) is 2. The van der Waals surface area contributed by atoms with E-state index in [0.717, 1.165) is 19.3 Å². The summed E-state index contributed by atoms with van der Waals surface area (Å²) in [5.41, 5.74) is 0.321. The van der Waals surface area contributed by atoms with Crippen LogP contribution >= 0.6 is 0 Å². The van der Waals surface area contributed by atoms with Crippen LogP contribution in [0.3, 0.4) is 0 Å². The Kier molecular flexibility index (Phi) is 10.3. The molecule has 5 nitrogen and oxygen atoms in total. The van der Waals surface area contributed by atoms with E-state index in [-0.39, 0.29) is 5.91 Å². The SMILES string of the molecule is CCOC(=O)/C=C(\CCNC(=O)CCCCC(C)(C)C)OC. The first kappa shape index (κ1) is 20.5. The monoisotopic (exact) mass is 313 g/mol. The Morgan fingerprint density at radius 2 is 1.82 bits per heavy atom. The zero-order valence-electron chi connectivity index (χ0n) is 14.7. The number of amides is 1. The largest absolute Gasteiger partial charge is 0.501 e. The Morgan fingerprint density at radius 3 is 2.36 bits per heavy atom. The molecule has 5 heteroatoms. The summed E-state index contributed by atoms with van der Waals surface area (Å²) in [6.07, 6.45) is 5.42. The standard InChI is InChI=1S/C17H31NO4/c1-6-22-16(20)13-14(21-5)10-12-18-15(19)9-7-8-11-17(2,3)4/h13H,6-12H2,1-5H3,(H,18,19)/b14-13+. The van der Waals surface area contributed by atoms with Crippen molar-refractivity contribution in [1.29, 1.82) is 0 Å². The maximum atomic E-state index is 11.7. The van der Waals surface area contributed by atoms with Crippen LogP contribution < -0.4 is 5.32 Å². The second kappa shape index (κ2) is 11.1. The van der Waals surface area contributed by atoms with Gasteiger partial charge in [0, 0.05) is 19.4 Å². The number of carbonyl (C=O) groups is 2. The molecule has 0 aliphatic carbocycles. The highest BCUT2D eigenvalue weighted by Gasteiger charge is 2.10. The van der Waals surface area contributed by atoms with Crippen molar-refractivity contribution in [3.05, 3.63) is 11.8 Å². The summed E-state index contributed by atoms with van der Waals surface area (Å²) < 4.78 is 9.91. The summed E-state index contributed by atoms with van der Waals surface area (Å²) in [6.45, 7) is 9.15. The van der Waals surface area contributed by atoms with Gasteiger partial charge < -0.3 is 14.8 Å². The van der Waals surface area contributed by atoms with Crippen LogP contribution in [0.4, 0.5) is 0 Å². The second-order valence-corrected chi connectivity index (χ2v) is 6.43. The summed E-state index contributed by atoms with van der Waals surface area (Å²) in [7, 11) is 1.50. The predicted molar refractivity (Wildman–Crippen MR) is 87.3 cm³/mol. The van der Waals surface area contributed by atoms with Gasteiger partial charge in [0.25, 0.3) is 0 Å². The highest BCUT2D eigenvalue weighted by molar-refractivity contribution is 5.82. The zero-order chi connectivity index (χ0) is 17.0. The first-order valence-electron chi connectivity index (χ1n) is 7.96. The highest BCUT2D eigenvalue weighted by atomic mass is 16.5. The maximum Gasteiger partial charge on any atom is 0.334 e. The van der Waals surface area contributed by atoms with Crippen molar-refractivity contribution in [3.8, 4) is 0 Å². The van der Waals surface area contributed by atoms with Gasteiger partial charge in [-0.05, 0) is 25.2 Å². The second-order valence-electron chi connectivity index (χ2n) is 6.43. The Balaban J connectivity index is 3.88. The van der Waals surface area contributed by atoms with E-state index in [1.165, 1.54) is 13.2 Å². The molecule has 0 aromatic rings. The van der Waals surface area contributed by atoms with Crippen molar-refractivity contribution in [3.63, 3.8) is 0 Å². The molecule has 0 fully saturated rings. The van der Waals surface area contributed by atoms with Crippen LogP contribution in [0.2, 0.25) is 0 Å². The maximum absolute atomic E-state index is 11.7. The molecule has 0 spiro atoms. The van der Waals surface area contributed by atoms with Gasteiger partial charge in [0.15, 0.2) is 0 Å². The highest BCUT2D eigenvalue weighted by Crippen LogP contribution is 2.21. The molecule has 22 heavy (non-hydrogen) atoms. The van der Waals surface area contributed by atoms with Gasteiger partial charge >= 0.3 is 5.97 Å². The third kappa shape index (κ3) is 12.2. The average Bonchev–Trinajstić information content (AvgIpc) is 2.41. The van der Waals surface area contributed by atoms with Crippen LogP contribution in [0, 0.1) is 5.41 Å². The lowest BCUT2D eigenvalue weighted by molar-refractivity contribution is -0.137. The zero-order valence-corrected chi connectivity index (χ0v) is 14.7. The smallest absolute Gasteiger partial charge is 0.334 e. The van der Waals surface area contributed by atoms with Crippen molar-refractivity contribution >= 4 is 11.9 Å². The molecule has 1 N–H and O–H groups in total. The third-order valence-corrected chi connectivity index (χ3v) is 3.10. The van der Waals surface area contributed by atoms with Gasteiger partial charge in [-0.15, -0.1) is 0 Å². The van der Waals surface area contributed by atoms with Crippen LogP contribution in [0.25, 0.3) is 0 Å². The summed E-state index contributed by atoms with van der Waals surface area (Å²) in [5, 5.41) is 2.84. The Hall–Kier alpha value is -1.52. The third-order valence-electron chi connectivity index (χ3n) is 3.10. The van der Waals surface area contributed by atoms with Crippen LogP contribution in [0.1, 0.15) is 59.8 Å². The van der Waals surface area contributed by atoms with Gasteiger partial charge in [0.2, 0.25) is 5.91 Å². The summed E-state index contributed by atoms with van der Waals surface area (Å²) >= 11 is 0. The molecule has 0 saturated carbocycles. The number of unbranched alkanes of at least 4 members (excludes halogenated alkanes) is 1. The summed E-state index contributed by atoms with van der Waals surface area (Å²) in [4.78, 5) is 23.0. The molecule has 0 aromatic heterocycles. The summed E-state index contributed by atoms with van der Waals surface area (Å²) in [6, 6.07) is 0. The Bertz CT molecular complexity index is 369. The lowest BCUT2D eigenvalue weighted by atomic mass is 9.89. The molecule has 0 heterocycles. The molecule has 128 valence electrons. The molecule has 0 unspecified atom stereocenters. The molecule has 0 aliphatic heterocycles. The fourth-order valence-corrected chi connectivity index (χ4v) is 1.90. The average molecular weight is 313 g/mol. The molecule has 0 bridgehead atoms. The molecule has 0 saturated heterocycles. The van der Waals surface area contributed by atoms with Gasteiger partial charge in [-0.25, -0.2) is 4.79 Å². The lowest BCUT2D eigenvalue weighted by Crippen LogP contribution is -2.24. The summed E-state index contributed by atoms with van der Waals surface area (Å²) in [5.74, 6) is 0.125. The predicted octanol–water partition coefficient (Wildman–Crippen LogP) is 3.19. The number of hydrogen-bond donors (Lipinski definition) is 1.